The molecule has 0 aliphatic carbocycles. The van der Waals surface area contributed by atoms with Gasteiger partial charge in [0.2, 0.25) is 0 Å². The average molecular weight is 258 g/mol. The molecular formula is C16H18O3. The van der Waals surface area contributed by atoms with Crippen LogP contribution in [0.3, 0.4) is 0 Å². The largest absolute Gasteiger partial charge is 0.457 e. The molecule has 0 saturated heterocycles. The quantitative estimate of drug-likeness (QED) is 0.867. The first-order valence-electron chi connectivity index (χ1n) is 6.31. The van der Waals surface area contributed by atoms with Crippen LogP contribution in [0.25, 0.3) is 0 Å². The van der Waals surface area contributed by atoms with Gasteiger partial charge in [0.15, 0.2) is 0 Å². The first kappa shape index (κ1) is 13.6. The molecule has 0 radical (unpaired) electrons. The maximum atomic E-state index is 9.06. The molecule has 3 nitrogen and oxygen atoms in total. The highest BCUT2D eigenvalue weighted by Gasteiger charge is 2.03. The Morgan fingerprint density at radius 2 is 1.63 bits per heavy atom. The van der Waals surface area contributed by atoms with Gasteiger partial charge in [0.25, 0.3) is 0 Å². The molecule has 0 unspecified atom stereocenters. The van der Waals surface area contributed by atoms with Crippen LogP contribution < -0.4 is 4.74 Å². The zero-order valence-electron chi connectivity index (χ0n) is 11.0. The van der Waals surface area contributed by atoms with E-state index in [4.69, 9.17) is 14.9 Å². The standard InChI is InChI=1S/C16H18O3/c1-12-10-14(11-18)4-7-16(12)19-15-5-2-13(3-6-15)8-9-17/h2-7,10,17-18H,8-9,11H2,1H3. The Bertz CT molecular complexity index is 532. The number of hydrogen-bond acceptors (Lipinski definition) is 3. The van der Waals surface area contributed by atoms with Crippen LogP contribution in [0, 0.1) is 6.92 Å². The number of aliphatic hydroxyl groups is 2. The molecule has 0 atom stereocenters. The first-order valence-corrected chi connectivity index (χ1v) is 6.31. The molecule has 2 aromatic carbocycles. The highest BCUT2D eigenvalue weighted by Crippen LogP contribution is 2.26. The smallest absolute Gasteiger partial charge is 0.130 e. The Kier molecular flexibility index (Phi) is 4.55. The molecule has 0 saturated carbocycles. The maximum Gasteiger partial charge on any atom is 0.130 e. The van der Waals surface area contributed by atoms with Crippen LogP contribution in [0.4, 0.5) is 0 Å². The van der Waals surface area contributed by atoms with E-state index in [-0.39, 0.29) is 13.2 Å². The molecular weight excluding hydrogens is 240 g/mol. The highest BCUT2D eigenvalue weighted by atomic mass is 16.5. The number of aliphatic hydroxyl groups excluding tert-OH is 2. The SMILES string of the molecule is Cc1cc(CO)ccc1Oc1ccc(CCO)cc1. The number of rotatable bonds is 5. The third kappa shape index (κ3) is 3.56. The summed E-state index contributed by atoms with van der Waals surface area (Å²) in [6, 6.07) is 13.3. The van der Waals surface area contributed by atoms with Crippen molar-refractivity contribution < 1.29 is 14.9 Å². The molecule has 0 bridgehead atoms. The van der Waals surface area contributed by atoms with Crippen molar-refractivity contribution in [3.05, 3.63) is 59.2 Å². The van der Waals surface area contributed by atoms with Gasteiger partial charge in [0.05, 0.1) is 6.61 Å². The Morgan fingerprint density at radius 1 is 0.947 bits per heavy atom. The molecule has 0 aromatic heterocycles. The van der Waals surface area contributed by atoms with Gasteiger partial charge < -0.3 is 14.9 Å². The van der Waals surface area contributed by atoms with Crippen LogP contribution in [0.1, 0.15) is 16.7 Å². The van der Waals surface area contributed by atoms with Crippen molar-refractivity contribution in [1.82, 2.24) is 0 Å². The maximum absolute atomic E-state index is 9.06. The third-order valence-electron chi connectivity index (χ3n) is 2.97. The molecule has 0 heterocycles. The molecule has 3 heteroatoms. The van der Waals surface area contributed by atoms with E-state index in [9.17, 15) is 0 Å². The Hall–Kier alpha value is -1.84. The first-order chi connectivity index (χ1) is 9.22. The van der Waals surface area contributed by atoms with Crippen molar-refractivity contribution in [1.29, 1.82) is 0 Å². The van der Waals surface area contributed by atoms with E-state index >= 15 is 0 Å². The lowest BCUT2D eigenvalue weighted by molar-refractivity contribution is 0.281. The number of ether oxygens (including phenoxy) is 1. The predicted molar refractivity (Wildman–Crippen MR) is 74.4 cm³/mol. The lowest BCUT2D eigenvalue weighted by atomic mass is 10.1. The summed E-state index contributed by atoms with van der Waals surface area (Å²) in [4.78, 5) is 0. The van der Waals surface area contributed by atoms with E-state index in [1.54, 1.807) is 0 Å². The number of hydrogen-bond donors (Lipinski definition) is 2. The van der Waals surface area contributed by atoms with Crippen LogP contribution in [0.2, 0.25) is 0 Å². The van der Waals surface area contributed by atoms with E-state index in [0.29, 0.717) is 6.42 Å². The van der Waals surface area contributed by atoms with Crippen molar-refractivity contribution in [2.75, 3.05) is 6.61 Å². The predicted octanol–water partition coefficient (Wildman–Crippen LogP) is 2.81. The van der Waals surface area contributed by atoms with E-state index in [0.717, 1.165) is 28.2 Å². The molecule has 0 spiro atoms. The van der Waals surface area contributed by atoms with Crippen molar-refractivity contribution in [2.45, 2.75) is 20.0 Å². The van der Waals surface area contributed by atoms with Crippen LogP contribution >= 0.6 is 0 Å². The van der Waals surface area contributed by atoms with E-state index < -0.39 is 0 Å². The highest BCUT2D eigenvalue weighted by molar-refractivity contribution is 5.40. The Labute approximate surface area is 113 Å². The summed E-state index contributed by atoms with van der Waals surface area (Å²) in [7, 11) is 0. The van der Waals surface area contributed by atoms with E-state index in [1.807, 2.05) is 49.4 Å². The molecule has 0 aliphatic heterocycles. The molecule has 0 aliphatic rings. The molecule has 0 fully saturated rings. The second kappa shape index (κ2) is 6.36. The fourth-order valence-electron chi connectivity index (χ4n) is 1.90. The van der Waals surface area contributed by atoms with Gasteiger partial charge >= 0.3 is 0 Å². The van der Waals surface area contributed by atoms with Gasteiger partial charge in [-0.25, -0.2) is 0 Å². The van der Waals surface area contributed by atoms with Crippen LogP contribution in [0.15, 0.2) is 42.5 Å². The molecule has 2 aromatic rings. The summed E-state index contributed by atoms with van der Waals surface area (Å²) < 4.78 is 5.80. The molecule has 19 heavy (non-hydrogen) atoms. The van der Waals surface area contributed by atoms with Crippen molar-refractivity contribution in [3.63, 3.8) is 0 Å². The summed E-state index contributed by atoms with van der Waals surface area (Å²) in [6.07, 6.45) is 0.657. The summed E-state index contributed by atoms with van der Waals surface area (Å²) in [5.41, 5.74) is 2.95. The summed E-state index contributed by atoms with van der Waals surface area (Å²) >= 11 is 0. The average Bonchev–Trinajstić information content (AvgIpc) is 2.43. The zero-order chi connectivity index (χ0) is 13.7. The normalized spacial score (nSPS) is 10.5. The Balaban J connectivity index is 2.12. The molecule has 0 amide bonds. The van der Waals surface area contributed by atoms with Gasteiger partial charge in [-0.15, -0.1) is 0 Å². The van der Waals surface area contributed by atoms with Gasteiger partial charge in [-0.1, -0.05) is 24.3 Å². The summed E-state index contributed by atoms with van der Waals surface area (Å²) in [6.45, 7) is 2.15. The second-order valence-electron chi connectivity index (χ2n) is 4.48. The van der Waals surface area contributed by atoms with Gasteiger partial charge in [-0.2, -0.15) is 0 Å². The van der Waals surface area contributed by atoms with Gasteiger partial charge in [0.1, 0.15) is 11.5 Å². The van der Waals surface area contributed by atoms with Crippen LogP contribution in [-0.4, -0.2) is 16.8 Å². The van der Waals surface area contributed by atoms with Crippen molar-refractivity contribution in [2.24, 2.45) is 0 Å². The van der Waals surface area contributed by atoms with Crippen LogP contribution in [0.5, 0.6) is 11.5 Å². The lowest BCUT2D eigenvalue weighted by Gasteiger charge is -2.10. The minimum atomic E-state index is 0.0387. The zero-order valence-corrected chi connectivity index (χ0v) is 11.0. The molecule has 2 rings (SSSR count). The monoisotopic (exact) mass is 258 g/mol. The minimum Gasteiger partial charge on any atom is -0.457 e. The summed E-state index contributed by atoms with van der Waals surface area (Å²) in [5, 5.41) is 17.9. The van der Waals surface area contributed by atoms with Crippen molar-refractivity contribution in [3.8, 4) is 11.5 Å². The molecule has 2 N–H and O–H groups in total. The van der Waals surface area contributed by atoms with Gasteiger partial charge in [0, 0.05) is 6.61 Å². The molecule has 100 valence electrons. The summed E-state index contributed by atoms with van der Waals surface area (Å²) in [5.74, 6) is 1.55. The van der Waals surface area contributed by atoms with Crippen molar-refractivity contribution >= 4 is 0 Å². The van der Waals surface area contributed by atoms with E-state index in [2.05, 4.69) is 0 Å². The minimum absolute atomic E-state index is 0.0387. The number of benzene rings is 2. The van der Waals surface area contributed by atoms with Gasteiger partial charge in [-0.05, 0) is 48.2 Å². The third-order valence-corrected chi connectivity index (χ3v) is 2.97. The van der Waals surface area contributed by atoms with E-state index in [1.165, 1.54) is 0 Å². The fraction of sp³-hybridized carbons (Fsp3) is 0.250. The topological polar surface area (TPSA) is 49.7 Å². The van der Waals surface area contributed by atoms with Gasteiger partial charge in [-0.3, -0.25) is 0 Å². The Morgan fingerprint density at radius 3 is 2.21 bits per heavy atom. The lowest BCUT2D eigenvalue weighted by Crippen LogP contribution is -1.92. The fourth-order valence-corrected chi connectivity index (χ4v) is 1.90. The second-order valence-corrected chi connectivity index (χ2v) is 4.48. The van der Waals surface area contributed by atoms with Crippen LogP contribution in [-0.2, 0) is 13.0 Å². The number of aryl methyl sites for hydroxylation is 1.